The topological polar surface area (TPSA) is 35.5 Å². The third kappa shape index (κ3) is 2.58. The lowest BCUT2D eigenvalue weighted by molar-refractivity contribution is -0.0788. The molecule has 1 rings (SSSR count). The third-order valence-corrected chi connectivity index (χ3v) is 1.53. The van der Waals surface area contributed by atoms with Gasteiger partial charge in [-0.1, -0.05) is 12.7 Å². The predicted molar refractivity (Wildman–Crippen MR) is 48.7 cm³/mol. The second-order valence-corrected chi connectivity index (χ2v) is 2.49. The lowest BCUT2D eigenvalue weighted by atomic mass is 10.2. The summed E-state index contributed by atoms with van der Waals surface area (Å²) in [5.41, 5.74) is 0.137. The fraction of sp³-hybridized carbons (Fsp3) is 0.100. The number of halogens is 1. The van der Waals surface area contributed by atoms with E-state index in [0.717, 1.165) is 0 Å². The zero-order valence-electron chi connectivity index (χ0n) is 7.40. The van der Waals surface area contributed by atoms with E-state index in [-0.39, 0.29) is 5.56 Å². The third-order valence-electron chi connectivity index (χ3n) is 1.53. The Bertz CT molecular complexity index is 319. The van der Waals surface area contributed by atoms with Crippen LogP contribution in [0.25, 0.3) is 0 Å². The van der Waals surface area contributed by atoms with Gasteiger partial charge in [0, 0.05) is 4.53 Å². The Morgan fingerprint density at radius 3 is 2.57 bits per heavy atom. The van der Waals surface area contributed by atoms with Crippen molar-refractivity contribution in [1.29, 1.82) is 0 Å². The van der Waals surface area contributed by atoms with Gasteiger partial charge in [0.15, 0.2) is 0 Å². The van der Waals surface area contributed by atoms with Gasteiger partial charge in [-0.3, -0.25) is 0 Å². The summed E-state index contributed by atoms with van der Waals surface area (Å²) in [5.74, 6) is -0.430. The fourth-order valence-electron chi connectivity index (χ4n) is 0.887. The first-order valence-electron chi connectivity index (χ1n) is 3.94. The molecule has 0 N–H and O–H groups in total. The standard InChI is InChI=1S/C10H9FO3/c1-2-7-13-9-5-3-8(4-6-9)10(12)14-11/h2-6H,1,7H2. The van der Waals surface area contributed by atoms with Gasteiger partial charge in [0.05, 0.1) is 5.56 Å². The highest BCUT2D eigenvalue weighted by molar-refractivity contribution is 5.88. The molecule has 4 heteroatoms. The zero-order valence-corrected chi connectivity index (χ0v) is 7.40. The van der Waals surface area contributed by atoms with Crippen LogP contribution in [0.3, 0.4) is 0 Å². The first-order valence-corrected chi connectivity index (χ1v) is 3.94. The Morgan fingerprint density at radius 2 is 2.07 bits per heavy atom. The molecular formula is C10H9FO3. The van der Waals surface area contributed by atoms with E-state index in [1.807, 2.05) is 0 Å². The van der Waals surface area contributed by atoms with Crippen molar-refractivity contribution in [2.24, 2.45) is 0 Å². The zero-order chi connectivity index (χ0) is 10.4. The molecule has 0 atom stereocenters. The summed E-state index contributed by atoms with van der Waals surface area (Å²) < 4.78 is 16.6. The largest absolute Gasteiger partial charge is 0.490 e. The van der Waals surface area contributed by atoms with Crippen molar-refractivity contribution in [2.45, 2.75) is 0 Å². The molecule has 0 fully saturated rings. The van der Waals surface area contributed by atoms with Crippen LogP contribution in [-0.2, 0) is 4.94 Å². The van der Waals surface area contributed by atoms with Crippen LogP contribution in [0.1, 0.15) is 10.4 Å². The van der Waals surface area contributed by atoms with Gasteiger partial charge in [-0.2, -0.15) is 0 Å². The van der Waals surface area contributed by atoms with E-state index in [2.05, 4.69) is 11.5 Å². The highest BCUT2D eigenvalue weighted by Crippen LogP contribution is 2.12. The summed E-state index contributed by atoms with van der Waals surface area (Å²) in [5, 5.41) is 0. The van der Waals surface area contributed by atoms with E-state index < -0.39 is 5.97 Å². The molecule has 0 bridgehead atoms. The summed E-state index contributed by atoms with van der Waals surface area (Å²) in [6.07, 6.45) is 1.60. The van der Waals surface area contributed by atoms with Crippen molar-refractivity contribution in [1.82, 2.24) is 0 Å². The van der Waals surface area contributed by atoms with Gasteiger partial charge >= 0.3 is 5.97 Å². The second kappa shape index (κ2) is 5.01. The van der Waals surface area contributed by atoms with Gasteiger partial charge in [-0.15, -0.1) is 0 Å². The minimum atomic E-state index is -1.01. The Balaban J connectivity index is 2.68. The van der Waals surface area contributed by atoms with Crippen molar-refractivity contribution < 1.29 is 19.0 Å². The van der Waals surface area contributed by atoms with Crippen LogP contribution in [0.4, 0.5) is 4.53 Å². The van der Waals surface area contributed by atoms with Gasteiger partial charge in [0.1, 0.15) is 12.4 Å². The van der Waals surface area contributed by atoms with Crippen LogP contribution in [0.5, 0.6) is 5.75 Å². The molecular weight excluding hydrogens is 187 g/mol. The molecule has 14 heavy (non-hydrogen) atoms. The highest BCUT2D eigenvalue weighted by Gasteiger charge is 2.06. The van der Waals surface area contributed by atoms with E-state index in [1.165, 1.54) is 12.1 Å². The van der Waals surface area contributed by atoms with Gasteiger partial charge in [-0.05, 0) is 24.3 Å². The predicted octanol–water partition coefficient (Wildman–Crippen LogP) is 2.29. The van der Waals surface area contributed by atoms with Crippen LogP contribution >= 0.6 is 0 Å². The lowest BCUT2D eigenvalue weighted by Gasteiger charge is -2.02. The number of hydrogen-bond acceptors (Lipinski definition) is 3. The van der Waals surface area contributed by atoms with Crippen LogP contribution in [-0.4, -0.2) is 12.6 Å². The van der Waals surface area contributed by atoms with Crippen LogP contribution in [0.2, 0.25) is 0 Å². The number of rotatable bonds is 4. The van der Waals surface area contributed by atoms with Crippen LogP contribution in [0, 0.1) is 0 Å². The summed E-state index contributed by atoms with van der Waals surface area (Å²) in [4.78, 5) is 13.7. The smallest absolute Gasteiger partial charge is 0.379 e. The van der Waals surface area contributed by atoms with Crippen molar-refractivity contribution in [3.05, 3.63) is 42.5 Å². The number of benzene rings is 1. The maximum absolute atomic E-state index is 11.5. The molecule has 1 aromatic rings. The monoisotopic (exact) mass is 196 g/mol. The minimum absolute atomic E-state index is 0.137. The fourth-order valence-corrected chi connectivity index (χ4v) is 0.887. The summed E-state index contributed by atoms with van der Waals surface area (Å²) in [6.45, 7) is 3.87. The Hall–Kier alpha value is -1.84. The van der Waals surface area contributed by atoms with Crippen LogP contribution in [0.15, 0.2) is 36.9 Å². The molecule has 3 nitrogen and oxygen atoms in total. The average molecular weight is 196 g/mol. The maximum atomic E-state index is 11.5. The SMILES string of the molecule is C=CCOc1ccc(C(=O)OF)cc1. The highest BCUT2D eigenvalue weighted by atomic mass is 19.3. The first kappa shape index (κ1) is 10.2. The molecule has 0 amide bonds. The number of ether oxygens (including phenoxy) is 1. The van der Waals surface area contributed by atoms with E-state index >= 15 is 0 Å². The lowest BCUT2D eigenvalue weighted by Crippen LogP contribution is -1.99. The van der Waals surface area contributed by atoms with Crippen molar-refractivity contribution in [3.8, 4) is 5.75 Å². The van der Waals surface area contributed by atoms with E-state index in [4.69, 9.17) is 4.74 Å². The number of carbonyl (C=O) groups excluding carboxylic acids is 1. The van der Waals surface area contributed by atoms with E-state index in [9.17, 15) is 9.32 Å². The average Bonchev–Trinajstić information content (AvgIpc) is 2.26. The summed E-state index contributed by atoms with van der Waals surface area (Å²) >= 11 is 0. The van der Waals surface area contributed by atoms with Gasteiger partial charge in [0.2, 0.25) is 0 Å². The summed E-state index contributed by atoms with van der Waals surface area (Å²) in [6, 6.07) is 5.94. The second-order valence-electron chi connectivity index (χ2n) is 2.49. The molecule has 0 aromatic heterocycles. The molecule has 0 saturated heterocycles. The molecule has 0 aliphatic heterocycles. The molecule has 0 heterocycles. The molecule has 1 aromatic carbocycles. The molecule has 0 saturated carbocycles. The summed E-state index contributed by atoms with van der Waals surface area (Å²) in [7, 11) is 0. The normalized spacial score (nSPS) is 9.21. The quantitative estimate of drug-likeness (QED) is 0.693. The molecule has 0 radical (unpaired) electrons. The Labute approximate surface area is 80.7 Å². The molecule has 0 unspecified atom stereocenters. The molecule has 0 aliphatic rings. The Kier molecular flexibility index (Phi) is 3.67. The van der Waals surface area contributed by atoms with E-state index in [1.54, 1.807) is 18.2 Å². The van der Waals surface area contributed by atoms with E-state index in [0.29, 0.717) is 12.4 Å². The van der Waals surface area contributed by atoms with Gasteiger partial charge < -0.3 is 4.74 Å². The van der Waals surface area contributed by atoms with Crippen LogP contribution < -0.4 is 4.74 Å². The minimum Gasteiger partial charge on any atom is -0.490 e. The van der Waals surface area contributed by atoms with Crippen molar-refractivity contribution >= 4 is 5.97 Å². The van der Waals surface area contributed by atoms with Gasteiger partial charge in [-0.25, -0.2) is 9.74 Å². The molecule has 0 aliphatic carbocycles. The molecule has 0 spiro atoms. The van der Waals surface area contributed by atoms with Crippen molar-refractivity contribution in [3.63, 3.8) is 0 Å². The number of carbonyl (C=O) groups is 1. The first-order chi connectivity index (χ1) is 6.77. The Morgan fingerprint density at radius 1 is 1.43 bits per heavy atom. The maximum Gasteiger partial charge on any atom is 0.379 e. The number of hydrogen-bond donors (Lipinski definition) is 0. The van der Waals surface area contributed by atoms with Gasteiger partial charge in [0.25, 0.3) is 0 Å². The molecule has 74 valence electrons. The van der Waals surface area contributed by atoms with Crippen molar-refractivity contribution in [2.75, 3.05) is 6.61 Å².